The summed E-state index contributed by atoms with van der Waals surface area (Å²) in [4.78, 5) is 22.6. The van der Waals surface area contributed by atoms with Crippen LogP contribution >= 0.6 is 0 Å². The zero-order valence-electron chi connectivity index (χ0n) is 15.1. The molecule has 0 saturated heterocycles. The third kappa shape index (κ3) is 5.76. The minimum atomic E-state index is -0.805. The molecule has 138 valence electrons. The summed E-state index contributed by atoms with van der Waals surface area (Å²) in [5, 5.41) is 11.7. The Morgan fingerprint density at radius 2 is 1.72 bits per heavy atom. The molecular formula is C20H29NO4. The molecule has 2 N–H and O–H groups in total. The van der Waals surface area contributed by atoms with E-state index in [1.165, 1.54) is 24.8 Å². The summed E-state index contributed by atoms with van der Waals surface area (Å²) in [6, 6.07) is 8.20. The van der Waals surface area contributed by atoms with E-state index in [9.17, 15) is 9.59 Å². The minimum Gasteiger partial charge on any atom is -0.497 e. The fourth-order valence-electron chi connectivity index (χ4n) is 3.66. The van der Waals surface area contributed by atoms with Gasteiger partial charge in [0.1, 0.15) is 5.75 Å². The van der Waals surface area contributed by atoms with Crippen molar-refractivity contribution in [1.82, 2.24) is 5.32 Å². The number of hydrogen-bond donors (Lipinski definition) is 2. The van der Waals surface area contributed by atoms with Crippen LogP contribution in [0.15, 0.2) is 24.3 Å². The number of aliphatic carboxylic acids is 1. The van der Waals surface area contributed by atoms with Gasteiger partial charge in [0.2, 0.25) is 5.91 Å². The number of rotatable bonds is 9. The molecule has 0 heterocycles. The fourth-order valence-corrected chi connectivity index (χ4v) is 3.66. The molecule has 1 aliphatic rings. The Kier molecular flexibility index (Phi) is 7.29. The second-order valence-corrected chi connectivity index (χ2v) is 6.95. The van der Waals surface area contributed by atoms with Gasteiger partial charge in [-0.05, 0) is 43.4 Å². The first-order valence-corrected chi connectivity index (χ1v) is 9.19. The standard InChI is InChI=1S/C20H29NO4/c1-25-17-11-9-16(10-12-17)20(13-5-2-6-14-20)15-21-18(22)7-3-4-8-19(23)24/h9-12H,2-8,13-15H2,1H3,(H,21,22)(H,23,24). The summed E-state index contributed by atoms with van der Waals surface area (Å²) in [5.41, 5.74) is 1.26. The van der Waals surface area contributed by atoms with Crippen LogP contribution in [0.25, 0.3) is 0 Å². The Hall–Kier alpha value is -2.04. The predicted molar refractivity (Wildman–Crippen MR) is 96.9 cm³/mol. The van der Waals surface area contributed by atoms with E-state index < -0.39 is 5.97 Å². The van der Waals surface area contributed by atoms with Crippen LogP contribution < -0.4 is 10.1 Å². The van der Waals surface area contributed by atoms with Crippen molar-refractivity contribution < 1.29 is 19.4 Å². The van der Waals surface area contributed by atoms with Gasteiger partial charge >= 0.3 is 5.97 Å². The van der Waals surface area contributed by atoms with E-state index in [1.807, 2.05) is 12.1 Å². The topological polar surface area (TPSA) is 75.6 Å². The first kappa shape index (κ1) is 19.3. The summed E-state index contributed by atoms with van der Waals surface area (Å²) in [6.45, 7) is 0.650. The Balaban J connectivity index is 1.93. The van der Waals surface area contributed by atoms with Gasteiger partial charge in [0, 0.05) is 24.8 Å². The molecule has 5 heteroatoms. The second-order valence-electron chi connectivity index (χ2n) is 6.95. The third-order valence-electron chi connectivity index (χ3n) is 5.18. The molecule has 1 aromatic carbocycles. The predicted octanol–water partition coefficient (Wildman–Crippen LogP) is 3.66. The van der Waals surface area contributed by atoms with Crippen molar-refractivity contribution >= 4 is 11.9 Å². The molecule has 1 aromatic rings. The van der Waals surface area contributed by atoms with Gasteiger partial charge < -0.3 is 15.2 Å². The molecule has 0 radical (unpaired) electrons. The maximum absolute atomic E-state index is 12.1. The van der Waals surface area contributed by atoms with Crippen molar-refractivity contribution in [1.29, 1.82) is 0 Å². The number of carboxylic acid groups (broad SMARTS) is 1. The van der Waals surface area contributed by atoms with E-state index in [-0.39, 0.29) is 17.7 Å². The van der Waals surface area contributed by atoms with Crippen LogP contribution in [-0.4, -0.2) is 30.6 Å². The molecule has 0 spiro atoms. The van der Waals surface area contributed by atoms with Crippen molar-refractivity contribution in [3.63, 3.8) is 0 Å². The monoisotopic (exact) mass is 347 g/mol. The highest BCUT2D eigenvalue weighted by molar-refractivity contribution is 5.76. The molecule has 0 bridgehead atoms. The van der Waals surface area contributed by atoms with Crippen molar-refractivity contribution in [3.8, 4) is 5.75 Å². The molecule has 1 aliphatic carbocycles. The normalized spacial score (nSPS) is 16.2. The van der Waals surface area contributed by atoms with E-state index in [4.69, 9.17) is 9.84 Å². The molecule has 0 aromatic heterocycles. The lowest BCUT2D eigenvalue weighted by molar-refractivity contribution is -0.137. The number of methoxy groups -OCH3 is 1. The maximum Gasteiger partial charge on any atom is 0.303 e. The molecule has 25 heavy (non-hydrogen) atoms. The summed E-state index contributed by atoms with van der Waals surface area (Å²) >= 11 is 0. The van der Waals surface area contributed by atoms with Gasteiger partial charge in [0.05, 0.1) is 7.11 Å². The van der Waals surface area contributed by atoms with Gasteiger partial charge in [-0.15, -0.1) is 0 Å². The van der Waals surface area contributed by atoms with Crippen molar-refractivity contribution in [2.75, 3.05) is 13.7 Å². The largest absolute Gasteiger partial charge is 0.497 e. The Morgan fingerprint density at radius 1 is 1.08 bits per heavy atom. The summed E-state index contributed by atoms with van der Waals surface area (Å²) < 4.78 is 5.25. The number of carbonyl (C=O) groups excluding carboxylic acids is 1. The van der Waals surface area contributed by atoms with E-state index in [0.29, 0.717) is 25.8 Å². The average Bonchev–Trinajstić information content (AvgIpc) is 2.64. The lowest BCUT2D eigenvalue weighted by atomic mass is 9.69. The van der Waals surface area contributed by atoms with E-state index in [2.05, 4.69) is 17.4 Å². The van der Waals surface area contributed by atoms with E-state index >= 15 is 0 Å². The van der Waals surface area contributed by atoms with Gasteiger partial charge in [-0.2, -0.15) is 0 Å². The van der Waals surface area contributed by atoms with E-state index in [1.54, 1.807) is 7.11 Å². The highest BCUT2D eigenvalue weighted by atomic mass is 16.5. The zero-order chi connectivity index (χ0) is 18.1. The SMILES string of the molecule is COc1ccc(C2(CNC(=O)CCCCC(=O)O)CCCCC2)cc1. The lowest BCUT2D eigenvalue weighted by Gasteiger charge is -2.38. The number of hydrogen-bond acceptors (Lipinski definition) is 3. The lowest BCUT2D eigenvalue weighted by Crippen LogP contribution is -2.42. The fraction of sp³-hybridized carbons (Fsp3) is 0.600. The second kappa shape index (κ2) is 9.44. The van der Waals surface area contributed by atoms with Crippen LogP contribution in [0.1, 0.15) is 63.4 Å². The molecule has 0 aliphatic heterocycles. The smallest absolute Gasteiger partial charge is 0.303 e. The average molecular weight is 347 g/mol. The molecule has 0 unspecified atom stereocenters. The number of carbonyl (C=O) groups is 2. The van der Waals surface area contributed by atoms with E-state index in [0.717, 1.165) is 18.6 Å². The molecule has 1 amide bonds. The maximum atomic E-state index is 12.1. The first-order valence-electron chi connectivity index (χ1n) is 9.19. The van der Waals surface area contributed by atoms with Gasteiger partial charge in [-0.1, -0.05) is 31.4 Å². The van der Waals surface area contributed by atoms with Crippen molar-refractivity contribution in [2.24, 2.45) is 0 Å². The number of amides is 1. The molecule has 1 fully saturated rings. The Bertz CT molecular complexity index is 562. The van der Waals surface area contributed by atoms with Crippen LogP contribution in [0.5, 0.6) is 5.75 Å². The number of carboxylic acids is 1. The number of benzene rings is 1. The highest BCUT2D eigenvalue weighted by Gasteiger charge is 2.34. The number of nitrogens with one attached hydrogen (secondary N) is 1. The molecule has 5 nitrogen and oxygen atoms in total. The van der Waals surface area contributed by atoms with Crippen LogP contribution in [-0.2, 0) is 15.0 Å². The van der Waals surface area contributed by atoms with Crippen LogP contribution in [0.3, 0.4) is 0 Å². The highest BCUT2D eigenvalue weighted by Crippen LogP contribution is 2.39. The third-order valence-corrected chi connectivity index (χ3v) is 5.18. The Morgan fingerprint density at radius 3 is 2.32 bits per heavy atom. The summed E-state index contributed by atoms with van der Waals surface area (Å²) in [6.07, 6.45) is 7.47. The first-order chi connectivity index (χ1) is 12.1. The number of unbranched alkanes of at least 4 members (excludes halogenated alkanes) is 1. The molecular weight excluding hydrogens is 318 g/mol. The van der Waals surface area contributed by atoms with Crippen molar-refractivity contribution in [2.45, 2.75) is 63.2 Å². The number of ether oxygens (including phenoxy) is 1. The van der Waals surface area contributed by atoms with Crippen LogP contribution in [0, 0.1) is 0 Å². The van der Waals surface area contributed by atoms with Crippen molar-refractivity contribution in [3.05, 3.63) is 29.8 Å². The molecule has 1 saturated carbocycles. The molecule has 2 rings (SSSR count). The van der Waals surface area contributed by atoms with Gasteiger partial charge in [-0.25, -0.2) is 0 Å². The quantitative estimate of drug-likeness (QED) is 0.669. The van der Waals surface area contributed by atoms with Crippen LogP contribution in [0.4, 0.5) is 0 Å². The minimum absolute atomic E-state index is 0.00124. The van der Waals surface area contributed by atoms with Gasteiger partial charge in [0.25, 0.3) is 0 Å². The van der Waals surface area contributed by atoms with Crippen LogP contribution in [0.2, 0.25) is 0 Å². The summed E-state index contributed by atoms with van der Waals surface area (Å²) in [5.74, 6) is 0.0575. The Labute approximate surface area is 149 Å². The van der Waals surface area contributed by atoms with Gasteiger partial charge in [0.15, 0.2) is 0 Å². The van der Waals surface area contributed by atoms with Gasteiger partial charge in [-0.3, -0.25) is 9.59 Å². The zero-order valence-corrected chi connectivity index (χ0v) is 15.1. The molecule has 0 atom stereocenters. The summed E-state index contributed by atoms with van der Waals surface area (Å²) in [7, 11) is 1.66.